The molecule has 4 saturated carbocycles. The van der Waals surface area contributed by atoms with Crippen molar-refractivity contribution in [3.63, 3.8) is 0 Å². The molecule has 3 unspecified atom stereocenters. The molecule has 1 aliphatic heterocycles. The third-order valence-corrected chi connectivity index (χ3v) is 30.0. The number of aromatic nitrogens is 3. The van der Waals surface area contributed by atoms with Gasteiger partial charge in [-0.25, -0.2) is 23.1 Å². The molecule has 0 bridgehead atoms. The van der Waals surface area contributed by atoms with Crippen LogP contribution in [-0.2, 0) is 131 Å². The number of ether oxygens (including phenoxy) is 13. The van der Waals surface area contributed by atoms with E-state index in [1.54, 1.807) is 69.3 Å². The van der Waals surface area contributed by atoms with E-state index in [-0.39, 0.29) is 152 Å². The molecule has 11 rings (SSSR count). The van der Waals surface area contributed by atoms with Crippen LogP contribution in [-0.4, -0.2) is 291 Å². The van der Waals surface area contributed by atoms with Gasteiger partial charge in [0.2, 0.25) is 17.7 Å². The smallest absolute Gasteiger partial charge is 0.411 e. The van der Waals surface area contributed by atoms with Crippen molar-refractivity contribution in [2.75, 3.05) is 170 Å². The lowest BCUT2D eigenvalue weighted by Crippen LogP contribution is -2.70. The van der Waals surface area contributed by atoms with Gasteiger partial charge in [0.25, 0.3) is 0 Å². The molecular formula is C109H161F2N10O25+. The number of aliphatic hydroxyl groups excluding tert-OH is 1. The molecule has 35 nitrogen and oxygen atoms in total. The maximum absolute atomic E-state index is 18.1. The van der Waals surface area contributed by atoms with Crippen LogP contribution in [0.25, 0.3) is 0 Å². The van der Waals surface area contributed by atoms with Crippen molar-refractivity contribution in [3.05, 3.63) is 94.8 Å². The summed E-state index contributed by atoms with van der Waals surface area (Å²) in [5.74, 6) is 1.34. The average molecular weight is 2050 g/mol. The molecule has 2 heterocycles. The predicted octanol–water partition coefficient (Wildman–Crippen LogP) is 12.3. The normalized spacial score (nSPS) is 25.0. The van der Waals surface area contributed by atoms with E-state index in [0.29, 0.717) is 197 Å². The molecule has 2 aromatic carbocycles. The third kappa shape index (κ3) is 34.4. The molecule has 8 N–H and O–H groups in total. The van der Waals surface area contributed by atoms with Crippen molar-refractivity contribution in [2.45, 2.75) is 282 Å². The molecule has 810 valence electrons. The minimum absolute atomic E-state index is 0.00211. The molecule has 7 aliphatic carbocycles. The highest BCUT2D eigenvalue weighted by Gasteiger charge is 2.80. The van der Waals surface area contributed by atoms with E-state index in [9.17, 15) is 53.1 Å². The second-order valence-corrected chi connectivity index (χ2v) is 41.9. The highest BCUT2D eigenvalue weighted by molar-refractivity contribution is 6.02. The van der Waals surface area contributed by atoms with E-state index >= 15 is 13.6 Å². The zero-order valence-corrected chi connectivity index (χ0v) is 87.1. The van der Waals surface area contributed by atoms with E-state index in [0.717, 1.165) is 86.1 Å². The van der Waals surface area contributed by atoms with Gasteiger partial charge in [-0.3, -0.25) is 48.5 Å². The lowest BCUT2D eigenvalue weighted by Gasteiger charge is -2.63. The van der Waals surface area contributed by atoms with E-state index in [1.807, 2.05) is 18.5 Å². The Labute approximate surface area is 858 Å². The number of carbonyl (C=O) groups is 11. The Morgan fingerprint density at radius 2 is 1.27 bits per heavy atom. The molecular weight excluding hydrogens is 1890 g/mol. The first-order chi connectivity index (χ1) is 70.2. The summed E-state index contributed by atoms with van der Waals surface area (Å²) in [6.45, 7) is 16.0. The molecule has 146 heavy (non-hydrogen) atoms. The van der Waals surface area contributed by atoms with Crippen LogP contribution in [0.2, 0.25) is 0 Å². The number of aryl methyl sites for hydroxylation is 1. The molecule has 0 radical (unpaired) electrons. The minimum atomic E-state index is -2.34. The highest BCUT2D eigenvalue weighted by Crippen LogP contribution is 2.72. The number of Topliss-reactive ketones (excluding diaryl/α,β-unsaturated/α-hetero) is 4. The number of alkyl halides is 2. The van der Waals surface area contributed by atoms with Gasteiger partial charge >= 0.3 is 18.1 Å². The standard InChI is InChI=1S/C109H160F2N10O25/c1-9-22-99-145-96-69-87-88-68-90(110)89-67-82(123)41-44-106(89,4)108(88,111)95(127)70-107(87,5)109(96,146-99)94(126)40-35-75-31-36-80(37-32-75)116-105(133)144-71-76-33-38-79(39-34-76)115-102(130)78(24-19-46-114-104(112)132)66-92(125)100(74(2)3)117-103(131)77(65-83(124)43-51-136-55-59-140-62-61-138-57-53-134-49-21-30-98(129)143-72-86-84-26-13-10-11-14-27-85(84)86)23-17-18-45-113-97(128)73-142-93-29-16-12-15-28-91-101(93)118-119-120(91)47-52-137-56-60-141-64-63-139-58-54-135-50-42-81(122)25-20-48-121(6,7)8/h31-34,36-39,41,44,67,74,77-78,84-88,90,93,95-96,99-100,127H,9,12-30,35,40,42-43,45-66,68-73H2,1-8H3,(H6-,112,113,114,115,116,117,128,130,131,132,133)/p+1/t77-,78+,84-,85+,86?,87-,88-,90-,93?,95-,96+,99?,100-,106-,107-,108-,109+/m0/s1. The van der Waals surface area contributed by atoms with E-state index in [2.05, 4.69) is 69.9 Å². The summed E-state index contributed by atoms with van der Waals surface area (Å²) in [6.07, 6.45) is 10.8. The van der Waals surface area contributed by atoms with Crippen LogP contribution in [0.4, 0.5) is 29.7 Å². The third-order valence-electron chi connectivity index (χ3n) is 30.0. The lowest BCUT2D eigenvalue weighted by atomic mass is 9.44. The van der Waals surface area contributed by atoms with Crippen molar-refractivity contribution in [2.24, 2.45) is 63.9 Å². The summed E-state index contributed by atoms with van der Waals surface area (Å²) in [4.78, 5) is 148. The summed E-state index contributed by atoms with van der Waals surface area (Å²) >= 11 is 0. The van der Waals surface area contributed by atoms with Crippen molar-refractivity contribution in [1.29, 1.82) is 0 Å². The zero-order valence-electron chi connectivity index (χ0n) is 87.1. The number of primary amides is 1. The Morgan fingerprint density at radius 1 is 0.658 bits per heavy atom. The van der Waals surface area contributed by atoms with E-state index in [4.69, 9.17) is 67.3 Å². The van der Waals surface area contributed by atoms with Crippen LogP contribution in [0.1, 0.15) is 237 Å². The highest BCUT2D eigenvalue weighted by atomic mass is 19.1. The van der Waals surface area contributed by atoms with Crippen LogP contribution in [0.5, 0.6) is 0 Å². The van der Waals surface area contributed by atoms with Gasteiger partial charge in [-0.1, -0.05) is 88.9 Å². The first kappa shape index (κ1) is 117. The zero-order chi connectivity index (χ0) is 105. The number of allylic oxidation sites excluding steroid dienone is 4. The number of fused-ring (bicyclic) bond motifs is 9. The Bertz CT molecular complexity index is 4830. The molecule has 6 amide bonds. The Balaban J connectivity index is 0.616. The minimum Gasteiger partial charge on any atom is -0.465 e. The maximum atomic E-state index is 18.1. The predicted molar refractivity (Wildman–Crippen MR) is 537 cm³/mol. The Kier molecular flexibility index (Phi) is 47.1. The van der Waals surface area contributed by atoms with Crippen molar-refractivity contribution < 1.29 is 133 Å². The fourth-order valence-electron chi connectivity index (χ4n) is 22.1. The number of carbonyl (C=O) groups excluding carboxylic acids is 11. The number of nitrogens with two attached hydrogens (primary N) is 1. The largest absolute Gasteiger partial charge is 0.465 e. The first-order valence-electron chi connectivity index (χ1n) is 53.2. The summed E-state index contributed by atoms with van der Waals surface area (Å²) < 4.78 is 113. The lowest BCUT2D eigenvalue weighted by molar-refractivity contribution is -0.870. The van der Waals surface area contributed by atoms with E-state index in [1.165, 1.54) is 12.2 Å². The monoisotopic (exact) mass is 2050 g/mol. The summed E-state index contributed by atoms with van der Waals surface area (Å²) in [5, 5.41) is 35.1. The molecule has 3 aromatic rings. The van der Waals surface area contributed by atoms with Gasteiger partial charge in [0, 0.05) is 124 Å². The second kappa shape index (κ2) is 58.8. The summed E-state index contributed by atoms with van der Waals surface area (Å²) in [5.41, 5.74) is 2.49. The number of anilines is 2. The number of hydrogen-bond acceptors (Lipinski definition) is 27. The quantitative estimate of drug-likeness (QED) is 0.0119. The van der Waals surface area contributed by atoms with Gasteiger partial charge in [-0.15, -0.1) is 16.9 Å². The van der Waals surface area contributed by atoms with Crippen molar-refractivity contribution in [1.82, 2.24) is 30.9 Å². The van der Waals surface area contributed by atoms with Gasteiger partial charge in [0.15, 0.2) is 34.9 Å². The summed E-state index contributed by atoms with van der Waals surface area (Å²) in [6, 6.07) is 11.5. The topological polar surface area (TPSA) is 445 Å². The number of hydrogen-bond donors (Lipinski definition) is 7. The fraction of sp³-hybridized carbons (Fsp3) is 0.716. The number of nitrogens with one attached hydrogen (secondary N) is 5. The van der Waals surface area contributed by atoms with E-state index < -0.39 is 124 Å². The van der Waals surface area contributed by atoms with Gasteiger partial charge in [-0.2, -0.15) is 0 Å². The molecule has 37 heteroatoms. The maximum Gasteiger partial charge on any atom is 0.411 e. The number of rotatable bonds is 68. The van der Waals surface area contributed by atoms with Gasteiger partial charge in [0.1, 0.15) is 42.7 Å². The van der Waals surface area contributed by atoms with Gasteiger partial charge in [0.05, 0.1) is 164 Å². The van der Waals surface area contributed by atoms with Crippen LogP contribution in [0.15, 0.2) is 72.3 Å². The van der Waals surface area contributed by atoms with Crippen LogP contribution in [0.3, 0.4) is 0 Å². The molecule has 0 spiro atoms. The van der Waals surface area contributed by atoms with Crippen molar-refractivity contribution in [3.8, 4) is 11.8 Å². The number of aliphatic hydroxyl groups is 1. The molecule has 8 aliphatic rings. The number of esters is 1. The van der Waals surface area contributed by atoms with Gasteiger partial charge < -0.3 is 98.2 Å². The van der Waals surface area contributed by atoms with Gasteiger partial charge in [-0.05, 0) is 186 Å². The van der Waals surface area contributed by atoms with Crippen LogP contribution < -0.4 is 32.3 Å². The van der Waals surface area contributed by atoms with Crippen LogP contribution >= 0.6 is 0 Å². The van der Waals surface area contributed by atoms with Crippen molar-refractivity contribution >= 4 is 76.1 Å². The summed E-state index contributed by atoms with van der Waals surface area (Å²) in [7, 11) is 6.34. The number of urea groups is 1. The molecule has 5 fully saturated rings. The average Bonchev–Trinajstić information content (AvgIpc) is 1.46. The number of nitrogens with zero attached hydrogens (tertiary/aromatic N) is 4. The Morgan fingerprint density at radius 3 is 1.91 bits per heavy atom. The number of benzene rings is 2. The van der Waals surface area contributed by atoms with Crippen LogP contribution in [0, 0.1) is 70.0 Å². The number of quaternary nitrogens is 1. The number of ketones is 5. The molecule has 17 atom stereocenters. The SMILES string of the molecule is CCCC1O[C@@H]2C[C@H]3[C@@H]4C[C@H](F)C5=CC(=O)C=C[C@]5(C)[C@@]4(F)[C@@H](O)C[C@]3(C)[C@]2(C(=O)CCc2ccc(NC(=O)OCc3ccc(NC(=O)[C@H](CCCNC(N)=O)CC(=O)[C@@H](NC(=O)[C@@H](CCCCNC(=O)COC4CCCCCc5c4nnn5CCOCCOCCOCCOCCC(=O)CCC[N+](C)(C)C)CC(=O)CCOCCOCCOCCOCCCC(=O)OCC4[C@H]5CCC#CCC[C@@H]45)C(C)C)cc3)cc2)O1. The number of halogens is 2. The molecule has 1 saturated heterocycles. The molecule has 1 aromatic heterocycles. The Hall–Kier alpha value is -9.27. The number of unbranched alkanes of at least 4 members (excludes halogenated alkanes) is 1. The first-order valence-corrected chi connectivity index (χ1v) is 53.2. The fourth-order valence-corrected chi connectivity index (χ4v) is 22.1. The second-order valence-electron chi connectivity index (χ2n) is 41.9. The number of amides is 6.